The summed E-state index contributed by atoms with van der Waals surface area (Å²) < 4.78 is 45.0. The molecule has 21 heavy (non-hydrogen) atoms. The lowest BCUT2D eigenvalue weighted by Gasteiger charge is -2.09. The molecule has 2 aromatic rings. The third-order valence-electron chi connectivity index (χ3n) is 2.62. The lowest BCUT2D eigenvalue weighted by molar-refractivity contribution is 0.340. The van der Waals surface area contributed by atoms with Gasteiger partial charge < -0.3 is 4.74 Å². The van der Waals surface area contributed by atoms with Crippen LogP contribution in [0, 0.1) is 5.82 Å². The number of rotatable bonds is 5. The molecule has 0 saturated carbocycles. The first-order valence-electron chi connectivity index (χ1n) is 6.13. The molecule has 0 aliphatic carbocycles. The first kappa shape index (κ1) is 15.6. The van der Waals surface area contributed by atoms with Gasteiger partial charge in [-0.3, -0.25) is 4.72 Å². The minimum atomic E-state index is -3.76. The summed E-state index contributed by atoms with van der Waals surface area (Å²) in [5, 5.41) is -0.151. The Hall–Kier alpha value is -1.79. The summed E-state index contributed by atoms with van der Waals surface area (Å²) in [5.41, 5.74) is 0.190. The minimum Gasteiger partial charge on any atom is -0.494 e. The minimum absolute atomic E-state index is 0.0754. The molecule has 0 heterocycles. The average molecular weight is 330 g/mol. The van der Waals surface area contributed by atoms with Gasteiger partial charge in [-0.15, -0.1) is 0 Å². The number of anilines is 1. The van der Waals surface area contributed by atoms with Crippen LogP contribution in [0.15, 0.2) is 47.4 Å². The van der Waals surface area contributed by atoms with Gasteiger partial charge >= 0.3 is 0 Å². The van der Waals surface area contributed by atoms with E-state index in [1.54, 1.807) is 12.1 Å². The Kier molecular flexibility index (Phi) is 4.69. The molecule has 0 bridgehead atoms. The van der Waals surface area contributed by atoms with Gasteiger partial charge in [0, 0.05) is 0 Å². The van der Waals surface area contributed by atoms with Crippen LogP contribution in [0.5, 0.6) is 5.75 Å². The predicted octanol–water partition coefficient (Wildman–Crippen LogP) is 3.68. The summed E-state index contributed by atoms with van der Waals surface area (Å²) in [6.07, 6.45) is 0. The van der Waals surface area contributed by atoms with Gasteiger partial charge in [0.15, 0.2) is 0 Å². The Balaban J connectivity index is 2.23. The molecule has 0 unspecified atom stereocenters. The van der Waals surface area contributed by atoms with Gasteiger partial charge in [-0.05, 0) is 49.4 Å². The van der Waals surface area contributed by atoms with Crippen LogP contribution >= 0.6 is 11.6 Å². The zero-order valence-corrected chi connectivity index (χ0v) is 12.7. The summed E-state index contributed by atoms with van der Waals surface area (Å²) in [6, 6.07) is 9.59. The van der Waals surface area contributed by atoms with E-state index in [2.05, 4.69) is 4.72 Å². The molecule has 4 nitrogen and oxygen atoms in total. The first-order valence-corrected chi connectivity index (χ1v) is 7.99. The number of hydrogen-bond donors (Lipinski definition) is 1. The van der Waals surface area contributed by atoms with Crippen LogP contribution in [0.4, 0.5) is 10.1 Å². The summed E-state index contributed by atoms with van der Waals surface area (Å²) >= 11 is 5.62. The zero-order valence-electron chi connectivity index (χ0n) is 11.1. The lowest BCUT2D eigenvalue weighted by atomic mass is 10.3. The van der Waals surface area contributed by atoms with E-state index >= 15 is 0 Å². The summed E-state index contributed by atoms with van der Waals surface area (Å²) in [7, 11) is -3.76. The van der Waals surface area contributed by atoms with Crippen molar-refractivity contribution in [2.75, 3.05) is 11.3 Å². The van der Waals surface area contributed by atoms with Crippen LogP contribution < -0.4 is 9.46 Å². The second-order valence-corrected chi connectivity index (χ2v) is 6.23. The zero-order chi connectivity index (χ0) is 15.5. The van der Waals surface area contributed by atoms with Crippen molar-refractivity contribution in [2.45, 2.75) is 11.8 Å². The summed E-state index contributed by atoms with van der Waals surface area (Å²) in [6.45, 7) is 2.34. The third-order valence-corrected chi connectivity index (χ3v) is 4.30. The molecule has 0 saturated heterocycles. The molecular weight excluding hydrogens is 317 g/mol. The van der Waals surface area contributed by atoms with Gasteiger partial charge in [-0.25, -0.2) is 12.8 Å². The Morgan fingerprint density at radius 1 is 1.19 bits per heavy atom. The van der Waals surface area contributed by atoms with Crippen molar-refractivity contribution in [3.8, 4) is 5.75 Å². The highest BCUT2D eigenvalue weighted by atomic mass is 35.5. The third kappa shape index (κ3) is 3.86. The number of halogens is 2. The van der Waals surface area contributed by atoms with Crippen molar-refractivity contribution in [1.29, 1.82) is 0 Å². The van der Waals surface area contributed by atoms with Crippen molar-refractivity contribution in [3.63, 3.8) is 0 Å². The molecule has 112 valence electrons. The molecule has 0 aromatic heterocycles. The lowest BCUT2D eigenvalue weighted by Crippen LogP contribution is -2.13. The fraction of sp³-hybridized carbons (Fsp3) is 0.143. The van der Waals surface area contributed by atoms with Crippen LogP contribution in [0.3, 0.4) is 0 Å². The number of ether oxygens (including phenoxy) is 1. The van der Waals surface area contributed by atoms with Gasteiger partial charge in [-0.1, -0.05) is 11.6 Å². The van der Waals surface area contributed by atoms with Crippen LogP contribution in [0.25, 0.3) is 0 Å². The van der Waals surface area contributed by atoms with Gasteiger partial charge in [0.05, 0.1) is 22.2 Å². The topological polar surface area (TPSA) is 55.4 Å². The van der Waals surface area contributed by atoms with Crippen LogP contribution in [0.2, 0.25) is 5.02 Å². The van der Waals surface area contributed by atoms with Crippen molar-refractivity contribution >= 4 is 27.3 Å². The number of hydrogen-bond acceptors (Lipinski definition) is 3. The number of sulfonamides is 1. The number of nitrogens with one attached hydrogen (secondary N) is 1. The van der Waals surface area contributed by atoms with E-state index in [0.717, 1.165) is 6.07 Å². The standard InChI is InChI=1S/C14H13ClFNO3S/c1-2-20-11-4-6-12(7-5-11)21(18,19)17-10-3-8-14(16)13(15)9-10/h3-9,17H,2H2,1H3. The summed E-state index contributed by atoms with van der Waals surface area (Å²) in [5.74, 6) is -0.0260. The molecule has 0 fully saturated rings. The maximum atomic E-state index is 13.0. The Morgan fingerprint density at radius 3 is 2.43 bits per heavy atom. The van der Waals surface area contributed by atoms with E-state index in [4.69, 9.17) is 16.3 Å². The van der Waals surface area contributed by atoms with Gasteiger partial charge in [0.1, 0.15) is 11.6 Å². The van der Waals surface area contributed by atoms with Gasteiger partial charge in [0.2, 0.25) is 0 Å². The molecule has 0 aliphatic rings. The highest BCUT2D eigenvalue weighted by Gasteiger charge is 2.15. The average Bonchev–Trinajstić information content (AvgIpc) is 2.44. The van der Waals surface area contributed by atoms with Crippen LogP contribution in [0.1, 0.15) is 6.92 Å². The van der Waals surface area contributed by atoms with Crippen molar-refractivity contribution < 1.29 is 17.5 Å². The van der Waals surface area contributed by atoms with E-state index in [0.29, 0.717) is 12.4 Å². The molecule has 7 heteroatoms. The second kappa shape index (κ2) is 6.32. The number of benzene rings is 2. The van der Waals surface area contributed by atoms with Crippen LogP contribution in [-0.2, 0) is 10.0 Å². The highest BCUT2D eigenvalue weighted by molar-refractivity contribution is 7.92. The fourth-order valence-electron chi connectivity index (χ4n) is 1.66. The second-order valence-electron chi connectivity index (χ2n) is 4.14. The molecule has 0 radical (unpaired) electrons. The maximum Gasteiger partial charge on any atom is 0.261 e. The largest absolute Gasteiger partial charge is 0.494 e. The van der Waals surface area contributed by atoms with E-state index in [1.807, 2.05) is 6.92 Å². The molecule has 0 atom stereocenters. The van der Waals surface area contributed by atoms with Gasteiger partial charge in [-0.2, -0.15) is 0 Å². The van der Waals surface area contributed by atoms with E-state index in [1.165, 1.54) is 24.3 Å². The van der Waals surface area contributed by atoms with Crippen molar-refractivity contribution in [2.24, 2.45) is 0 Å². The Labute approximate surface area is 127 Å². The SMILES string of the molecule is CCOc1ccc(S(=O)(=O)Nc2ccc(F)c(Cl)c2)cc1. The van der Waals surface area contributed by atoms with E-state index < -0.39 is 15.8 Å². The monoisotopic (exact) mass is 329 g/mol. The normalized spacial score (nSPS) is 11.2. The Morgan fingerprint density at radius 2 is 1.86 bits per heavy atom. The van der Waals surface area contributed by atoms with E-state index in [9.17, 15) is 12.8 Å². The molecule has 0 spiro atoms. The highest BCUT2D eigenvalue weighted by Crippen LogP contribution is 2.23. The van der Waals surface area contributed by atoms with Crippen LogP contribution in [-0.4, -0.2) is 15.0 Å². The Bertz CT molecular complexity index is 732. The molecular formula is C14H13ClFNO3S. The van der Waals surface area contributed by atoms with Gasteiger partial charge in [0.25, 0.3) is 10.0 Å². The molecule has 1 N–H and O–H groups in total. The predicted molar refractivity (Wildman–Crippen MR) is 79.8 cm³/mol. The quantitative estimate of drug-likeness (QED) is 0.910. The smallest absolute Gasteiger partial charge is 0.261 e. The summed E-state index contributed by atoms with van der Waals surface area (Å²) in [4.78, 5) is 0.0754. The first-order chi connectivity index (χ1) is 9.92. The van der Waals surface area contributed by atoms with E-state index in [-0.39, 0.29) is 15.6 Å². The maximum absolute atomic E-state index is 13.0. The molecule has 0 aliphatic heterocycles. The fourth-order valence-corrected chi connectivity index (χ4v) is 2.89. The van der Waals surface area contributed by atoms with Crippen molar-refractivity contribution in [3.05, 3.63) is 53.3 Å². The van der Waals surface area contributed by atoms with Crippen molar-refractivity contribution in [1.82, 2.24) is 0 Å². The molecule has 2 aromatic carbocycles. The molecule has 2 rings (SSSR count). The molecule has 0 amide bonds.